The fourth-order valence-corrected chi connectivity index (χ4v) is 1.57. The molecule has 2 aromatic rings. The number of hydrogen-bond donors (Lipinski definition) is 1. The Morgan fingerprint density at radius 2 is 1.94 bits per heavy atom. The van der Waals surface area contributed by atoms with Crippen molar-refractivity contribution in [2.24, 2.45) is 0 Å². The van der Waals surface area contributed by atoms with E-state index in [1.165, 1.54) is 14.2 Å². The van der Waals surface area contributed by atoms with E-state index in [2.05, 4.69) is 9.97 Å². The second-order valence-electron chi connectivity index (χ2n) is 3.38. The largest absolute Gasteiger partial charge is 0.353 e. The van der Waals surface area contributed by atoms with E-state index in [1.54, 1.807) is 0 Å². The van der Waals surface area contributed by atoms with Gasteiger partial charge < -0.3 is 14.5 Å². The molecular weight excluding hydrogens is 211 g/mol. The molecule has 0 aliphatic rings. The average Bonchev–Trinajstić information content (AvgIpc) is 2.74. The lowest BCUT2D eigenvalue weighted by Crippen LogP contribution is -2.20. The van der Waals surface area contributed by atoms with E-state index >= 15 is 0 Å². The number of nitrogens with zero attached hydrogens (tertiary/aromatic N) is 1. The third-order valence-corrected chi connectivity index (χ3v) is 2.37. The van der Waals surface area contributed by atoms with E-state index < -0.39 is 12.5 Å². The van der Waals surface area contributed by atoms with Gasteiger partial charge in [-0.15, -0.1) is 0 Å². The van der Waals surface area contributed by atoms with E-state index in [-0.39, 0.29) is 5.82 Å². The first-order valence-corrected chi connectivity index (χ1v) is 4.90. The number of hydrogen-bond acceptors (Lipinski definition) is 3. The quantitative estimate of drug-likeness (QED) is 0.810. The molecule has 4 nitrogen and oxygen atoms in total. The highest BCUT2D eigenvalue weighted by atomic mass is 19.1. The maximum Gasteiger partial charge on any atom is 0.208 e. The van der Waals surface area contributed by atoms with Crippen LogP contribution in [0, 0.1) is 0 Å². The predicted molar refractivity (Wildman–Crippen MR) is 57.7 cm³/mol. The maximum atomic E-state index is 13.9. The third-order valence-electron chi connectivity index (χ3n) is 2.37. The summed E-state index contributed by atoms with van der Waals surface area (Å²) in [6.07, 6.45) is -2.37. The molecule has 0 radical (unpaired) electrons. The van der Waals surface area contributed by atoms with Crippen molar-refractivity contribution in [2.45, 2.75) is 12.5 Å². The summed E-state index contributed by atoms with van der Waals surface area (Å²) in [4.78, 5) is 7.04. The van der Waals surface area contributed by atoms with Crippen molar-refractivity contribution in [1.29, 1.82) is 0 Å². The van der Waals surface area contributed by atoms with Crippen molar-refractivity contribution in [3.05, 3.63) is 30.1 Å². The van der Waals surface area contributed by atoms with Gasteiger partial charge in [0.15, 0.2) is 6.29 Å². The average molecular weight is 224 g/mol. The molecule has 1 atom stereocenters. The number of methoxy groups -OCH3 is 2. The number of benzene rings is 1. The summed E-state index contributed by atoms with van der Waals surface area (Å²) in [5, 5.41) is 0. The Balaban J connectivity index is 2.32. The number of fused-ring (bicyclic) bond motifs is 1. The summed E-state index contributed by atoms with van der Waals surface area (Å²) < 4.78 is 23.6. The van der Waals surface area contributed by atoms with Crippen LogP contribution in [-0.2, 0) is 9.47 Å². The van der Waals surface area contributed by atoms with Crippen LogP contribution in [0.4, 0.5) is 4.39 Å². The zero-order valence-electron chi connectivity index (χ0n) is 9.11. The van der Waals surface area contributed by atoms with Crippen molar-refractivity contribution in [1.82, 2.24) is 9.97 Å². The topological polar surface area (TPSA) is 47.1 Å². The molecule has 16 heavy (non-hydrogen) atoms. The summed E-state index contributed by atoms with van der Waals surface area (Å²) in [6, 6.07) is 7.37. The molecule has 0 unspecified atom stereocenters. The molecule has 1 N–H and O–H groups in total. The Kier molecular flexibility index (Phi) is 3.17. The molecule has 1 aromatic heterocycles. The molecule has 0 fully saturated rings. The molecule has 5 heteroatoms. The molecule has 0 bridgehead atoms. The van der Waals surface area contributed by atoms with E-state index in [1.807, 2.05) is 24.3 Å². The second-order valence-corrected chi connectivity index (χ2v) is 3.38. The van der Waals surface area contributed by atoms with Crippen LogP contribution in [0.2, 0.25) is 0 Å². The van der Waals surface area contributed by atoms with Gasteiger partial charge in [-0.05, 0) is 12.1 Å². The number of imidazole rings is 1. The van der Waals surface area contributed by atoms with Crippen LogP contribution in [0.1, 0.15) is 12.0 Å². The minimum atomic E-state index is -1.43. The van der Waals surface area contributed by atoms with Crippen molar-refractivity contribution in [3.8, 4) is 0 Å². The zero-order chi connectivity index (χ0) is 11.5. The minimum absolute atomic E-state index is 0.218. The first-order valence-electron chi connectivity index (χ1n) is 4.90. The monoisotopic (exact) mass is 224 g/mol. The lowest BCUT2D eigenvalue weighted by atomic mass is 10.3. The maximum absolute atomic E-state index is 13.9. The summed E-state index contributed by atoms with van der Waals surface area (Å²) in [5.74, 6) is 0.218. The van der Waals surface area contributed by atoms with E-state index in [0.29, 0.717) is 0 Å². The van der Waals surface area contributed by atoms with E-state index in [4.69, 9.17) is 9.47 Å². The third kappa shape index (κ3) is 1.91. The number of halogens is 1. The van der Waals surface area contributed by atoms with Gasteiger partial charge in [0.05, 0.1) is 11.0 Å². The summed E-state index contributed by atoms with van der Waals surface area (Å²) in [5.41, 5.74) is 1.53. The lowest BCUT2D eigenvalue weighted by molar-refractivity contribution is -0.146. The van der Waals surface area contributed by atoms with Gasteiger partial charge >= 0.3 is 0 Å². The van der Waals surface area contributed by atoms with Crippen molar-refractivity contribution in [3.63, 3.8) is 0 Å². The standard InChI is InChI=1S/C11H13FN2O2/c1-15-11(16-2)9(12)10-13-7-5-3-4-6-8(7)14-10/h3-6,9,11H,1-2H3,(H,13,14)/t9-/m0/s1. The number of alkyl halides is 1. The molecule has 0 amide bonds. The van der Waals surface area contributed by atoms with Crippen molar-refractivity contribution in [2.75, 3.05) is 14.2 Å². The van der Waals surface area contributed by atoms with Crippen LogP contribution in [0.5, 0.6) is 0 Å². The van der Waals surface area contributed by atoms with Gasteiger partial charge in [0.1, 0.15) is 5.82 Å². The van der Waals surface area contributed by atoms with E-state index in [0.717, 1.165) is 11.0 Å². The van der Waals surface area contributed by atoms with Gasteiger partial charge in [-0.25, -0.2) is 9.37 Å². The molecule has 0 aliphatic heterocycles. The number of para-hydroxylation sites is 2. The van der Waals surface area contributed by atoms with Crippen molar-refractivity contribution < 1.29 is 13.9 Å². The Bertz CT molecular complexity index is 435. The SMILES string of the molecule is COC(OC)[C@@H](F)c1nc2ccccc2[nH]1. The van der Waals surface area contributed by atoms with E-state index in [9.17, 15) is 4.39 Å². The fourth-order valence-electron chi connectivity index (χ4n) is 1.57. The molecule has 1 heterocycles. The number of ether oxygens (including phenoxy) is 2. The number of aromatic nitrogens is 2. The van der Waals surface area contributed by atoms with Crippen LogP contribution < -0.4 is 0 Å². The number of H-pyrrole nitrogens is 1. The summed E-state index contributed by atoms with van der Waals surface area (Å²) in [7, 11) is 2.78. The Morgan fingerprint density at radius 1 is 1.25 bits per heavy atom. The van der Waals surface area contributed by atoms with Crippen LogP contribution in [0.15, 0.2) is 24.3 Å². The number of rotatable bonds is 4. The highest BCUT2D eigenvalue weighted by Crippen LogP contribution is 2.23. The summed E-state index contributed by atoms with van der Waals surface area (Å²) in [6.45, 7) is 0. The lowest BCUT2D eigenvalue weighted by Gasteiger charge is -2.15. The fraction of sp³-hybridized carbons (Fsp3) is 0.364. The van der Waals surface area contributed by atoms with Crippen molar-refractivity contribution >= 4 is 11.0 Å². The normalized spacial score (nSPS) is 13.5. The molecule has 0 saturated heterocycles. The molecule has 2 rings (SSSR count). The highest BCUT2D eigenvalue weighted by Gasteiger charge is 2.25. The van der Waals surface area contributed by atoms with Gasteiger partial charge in [0, 0.05) is 14.2 Å². The smallest absolute Gasteiger partial charge is 0.208 e. The van der Waals surface area contributed by atoms with Gasteiger partial charge in [-0.2, -0.15) is 0 Å². The second kappa shape index (κ2) is 4.59. The van der Waals surface area contributed by atoms with Crippen LogP contribution in [-0.4, -0.2) is 30.5 Å². The Labute approximate surface area is 92.4 Å². The summed E-state index contributed by atoms with van der Waals surface area (Å²) >= 11 is 0. The van der Waals surface area contributed by atoms with Crippen LogP contribution >= 0.6 is 0 Å². The zero-order valence-corrected chi connectivity index (χ0v) is 9.11. The Morgan fingerprint density at radius 3 is 2.56 bits per heavy atom. The first kappa shape index (κ1) is 11.0. The van der Waals surface area contributed by atoms with Crippen LogP contribution in [0.25, 0.3) is 11.0 Å². The molecule has 0 aliphatic carbocycles. The minimum Gasteiger partial charge on any atom is -0.353 e. The molecule has 86 valence electrons. The molecule has 0 spiro atoms. The molecule has 0 saturated carbocycles. The van der Waals surface area contributed by atoms with Crippen LogP contribution in [0.3, 0.4) is 0 Å². The number of nitrogens with one attached hydrogen (secondary N) is 1. The molecule has 1 aromatic carbocycles. The van der Waals surface area contributed by atoms with Gasteiger partial charge in [-0.1, -0.05) is 12.1 Å². The van der Waals surface area contributed by atoms with Gasteiger partial charge in [0.25, 0.3) is 0 Å². The highest BCUT2D eigenvalue weighted by molar-refractivity contribution is 5.74. The Hall–Kier alpha value is -1.46. The van der Waals surface area contributed by atoms with Gasteiger partial charge in [-0.3, -0.25) is 0 Å². The number of aromatic amines is 1. The van der Waals surface area contributed by atoms with Gasteiger partial charge in [0.2, 0.25) is 6.17 Å². The predicted octanol–water partition coefficient (Wildman–Crippen LogP) is 2.19. The molecular formula is C11H13FN2O2. The first-order chi connectivity index (χ1) is 7.76.